The Labute approximate surface area is 167 Å². The molecule has 0 aliphatic carbocycles. The number of likely N-dealkylation sites (tertiary alicyclic amines) is 1. The average molecular weight is 410 g/mol. The first-order valence-corrected chi connectivity index (χ1v) is 9.67. The highest BCUT2D eigenvalue weighted by Crippen LogP contribution is 2.32. The van der Waals surface area contributed by atoms with Crippen LogP contribution in [0.3, 0.4) is 0 Å². The molecule has 8 heteroatoms. The monoisotopic (exact) mass is 409 g/mol. The first-order valence-electron chi connectivity index (χ1n) is 9.30. The number of amides is 1. The van der Waals surface area contributed by atoms with Crippen molar-refractivity contribution >= 4 is 17.5 Å². The Balaban J connectivity index is 1.40. The van der Waals surface area contributed by atoms with Gasteiger partial charge in [-0.2, -0.15) is 10.2 Å². The maximum atomic E-state index is 15.0. The molecule has 5 nitrogen and oxygen atoms in total. The summed E-state index contributed by atoms with van der Waals surface area (Å²) in [6.45, 7) is 1.17. The van der Waals surface area contributed by atoms with Gasteiger partial charge in [-0.05, 0) is 50.3 Å². The van der Waals surface area contributed by atoms with Gasteiger partial charge in [-0.1, -0.05) is 11.6 Å². The molecule has 1 amide bonds. The third kappa shape index (κ3) is 5.38. The van der Waals surface area contributed by atoms with Crippen LogP contribution in [0.1, 0.15) is 42.5 Å². The number of alkyl halides is 1. The van der Waals surface area contributed by atoms with Crippen LogP contribution in [0.5, 0.6) is 5.75 Å². The topological polar surface area (TPSA) is 55.3 Å². The van der Waals surface area contributed by atoms with E-state index < -0.39 is 11.5 Å². The van der Waals surface area contributed by atoms with Gasteiger partial charge < -0.3 is 9.64 Å². The standard InChI is InChI=1S/C20H22ClF2N3O2/c21-17-13-15(3-4-18(17)22)19(27)26-10-7-20(23,8-11-26)6-1-2-12-28-16-5-9-24-25-14-16/h3-5,9,13-14H,1-2,6-8,10-12H2. The summed E-state index contributed by atoms with van der Waals surface area (Å²) in [6, 6.07) is 5.61. The van der Waals surface area contributed by atoms with Gasteiger partial charge in [0, 0.05) is 24.7 Å². The number of carbonyl (C=O) groups excluding carboxylic acids is 1. The van der Waals surface area contributed by atoms with Crippen molar-refractivity contribution in [3.05, 3.63) is 53.1 Å². The van der Waals surface area contributed by atoms with E-state index in [0.717, 1.165) is 6.42 Å². The molecule has 0 saturated carbocycles. The van der Waals surface area contributed by atoms with Crippen molar-refractivity contribution < 1.29 is 18.3 Å². The Bertz CT molecular complexity index is 799. The highest BCUT2D eigenvalue weighted by atomic mass is 35.5. The van der Waals surface area contributed by atoms with Crippen molar-refractivity contribution in [2.75, 3.05) is 19.7 Å². The molecule has 2 heterocycles. The van der Waals surface area contributed by atoms with E-state index in [1.807, 2.05) is 0 Å². The summed E-state index contributed by atoms with van der Waals surface area (Å²) in [5, 5.41) is 7.31. The van der Waals surface area contributed by atoms with E-state index in [1.54, 1.807) is 17.2 Å². The number of carbonyl (C=O) groups is 1. The molecule has 1 aliphatic rings. The lowest BCUT2D eigenvalue weighted by atomic mass is 9.88. The second-order valence-corrected chi connectivity index (χ2v) is 7.36. The van der Waals surface area contributed by atoms with Crippen molar-refractivity contribution in [2.24, 2.45) is 0 Å². The minimum absolute atomic E-state index is 0.0903. The number of unbranched alkanes of at least 4 members (excludes halogenated alkanes) is 1. The summed E-state index contributed by atoms with van der Waals surface area (Å²) in [5.41, 5.74) is -0.948. The van der Waals surface area contributed by atoms with Gasteiger partial charge in [0.2, 0.25) is 0 Å². The molecule has 1 aromatic carbocycles. The molecule has 0 radical (unpaired) electrons. The minimum Gasteiger partial charge on any atom is -0.492 e. The molecule has 3 rings (SSSR count). The van der Waals surface area contributed by atoms with E-state index in [1.165, 1.54) is 24.4 Å². The predicted molar refractivity (Wildman–Crippen MR) is 102 cm³/mol. The summed E-state index contributed by atoms with van der Waals surface area (Å²) in [6.07, 6.45) is 5.57. The van der Waals surface area contributed by atoms with Gasteiger partial charge in [-0.15, -0.1) is 0 Å². The van der Waals surface area contributed by atoms with Crippen molar-refractivity contribution in [1.82, 2.24) is 15.1 Å². The van der Waals surface area contributed by atoms with Gasteiger partial charge in [0.25, 0.3) is 5.91 Å². The molecule has 0 N–H and O–H groups in total. The fourth-order valence-electron chi connectivity index (χ4n) is 3.27. The molecule has 1 aromatic heterocycles. The smallest absolute Gasteiger partial charge is 0.253 e. The number of hydrogen-bond acceptors (Lipinski definition) is 4. The zero-order valence-corrected chi connectivity index (χ0v) is 16.2. The lowest BCUT2D eigenvalue weighted by molar-refractivity contribution is 0.0382. The summed E-state index contributed by atoms with van der Waals surface area (Å²) in [5.74, 6) is -0.162. The summed E-state index contributed by atoms with van der Waals surface area (Å²) in [4.78, 5) is 14.1. The SMILES string of the molecule is O=C(c1ccc(F)c(Cl)c1)N1CCC(F)(CCCCOc2ccnnc2)CC1. The summed E-state index contributed by atoms with van der Waals surface area (Å²) in [7, 11) is 0. The maximum absolute atomic E-state index is 15.0. The van der Waals surface area contributed by atoms with Crippen LogP contribution in [0.4, 0.5) is 8.78 Å². The number of benzene rings is 1. The normalized spacial score (nSPS) is 16.0. The van der Waals surface area contributed by atoms with Crippen LogP contribution < -0.4 is 4.74 Å². The van der Waals surface area contributed by atoms with Crippen LogP contribution in [-0.4, -0.2) is 46.4 Å². The van der Waals surface area contributed by atoms with Gasteiger partial charge in [-0.25, -0.2) is 8.78 Å². The van der Waals surface area contributed by atoms with E-state index >= 15 is 4.39 Å². The molecule has 0 unspecified atom stereocenters. The Morgan fingerprint density at radius 1 is 1.21 bits per heavy atom. The van der Waals surface area contributed by atoms with E-state index in [4.69, 9.17) is 16.3 Å². The largest absolute Gasteiger partial charge is 0.492 e. The second-order valence-electron chi connectivity index (χ2n) is 6.96. The number of rotatable bonds is 7. The molecule has 28 heavy (non-hydrogen) atoms. The van der Waals surface area contributed by atoms with Crippen LogP contribution in [0.25, 0.3) is 0 Å². The predicted octanol–water partition coefficient (Wildman–Crippen LogP) is 4.46. The Morgan fingerprint density at radius 2 is 2.00 bits per heavy atom. The van der Waals surface area contributed by atoms with Crippen molar-refractivity contribution in [3.63, 3.8) is 0 Å². The number of halogens is 3. The van der Waals surface area contributed by atoms with E-state index in [0.29, 0.717) is 56.7 Å². The van der Waals surface area contributed by atoms with Crippen LogP contribution in [0.2, 0.25) is 5.02 Å². The summed E-state index contributed by atoms with van der Waals surface area (Å²) < 4.78 is 33.8. The van der Waals surface area contributed by atoms with Crippen LogP contribution in [0, 0.1) is 5.82 Å². The second kappa shape index (κ2) is 9.28. The van der Waals surface area contributed by atoms with E-state index in [9.17, 15) is 9.18 Å². The van der Waals surface area contributed by atoms with Gasteiger partial charge in [0.1, 0.15) is 17.2 Å². The number of aromatic nitrogens is 2. The molecule has 2 aromatic rings. The van der Waals surface area contributed by atoms with Crippen molar-refractivity contribution in [3.8, 4) is 5.75 Å². The highest BCUT2D eigenvalue weighted by molar-refractivity contribution is 6.31. The molecular formula is C20H22ClF2N3O2. The zero-order valence-electron chi connectivity index (χ0n) is 15.4. The van der Waals surface area contributed by atoms with E-state index in [2.05, 4.69) is 10.2 Å². The van der Waals surface area contributed by atoms with Gasteiger partial charge in [-0.3, -0.25) is 4.79 Å². The molecular weight excluding hydrogens is 388 g/mol. The Kier molecular flexibility index (Phi) is 6.78. The summed E-state index contributed by atoms with van der Waals surface area (Å²) >= 11 is 5.74. The molecule has 0 spiro atoms. The lowest BCUT2D eigenvalue weighted by Crippen LogP contribution is -2.44. The number of hydrogen-bond donors (Lipinski definition) is 0. The molecule has 0 atom stereocenters. The number of nitrogens with zero attached hydrogens (tertiary/aromatic N) is 3. The Morgan fingerprint density at radius 3 is 2.68 bits per heavy atom. The quantitative estimate of drug-likeness (QED) is 0.633. The maximum Gasteiger partial charge on any atom is 0.253 e. The fraction of sp³-hybridized carbons (Fsp3) is 0.450. The highest BCUT2D eigenvalue weighted by Gasteiger charge is 2.35. The molecule has 0 bridgehead atoms. The van der Waals surface area contributed by atoms with Gasteiger partial charge >= 0.3 is 0 Å². The van der Waals surface area contributed by atoms with Crippen LogP contribution in [0.15, 0.2) is 36.7 Å². The first-order chi connectivity index (χ1) is 13.5. The zero-order chi connectivity index (χ0) is 20.0. The molecule has 1 saturated heterocycles. The molecule has 1 aliphatic heterocycles. The van der Waals surface area contributed by atoms with Crippen LogP contribution in [-0.2, 0) is 0 Å². The number of piperidine rings is 1. The Hall–Kier alpha value is -2.28. The first kappa shape index (κ1) is 20.5. The van der Waals surface area contributed by atoms with Gasteiger partial charge in [0.05, 0.1) is 24.0 Å². The third-order valence-electron chi connectivity index (χ3n) is 4.96. The van der Waals surface area contributed by atoms with E-state index in [-0.39, 0.29) is 10.9 Å². The molecule has 1 fully saturated rings. The minimum atomic E-state index is -1.27. The third-order valence-corrected chi connectivity index (χ3v) is 5.25. The fourth-order valence-corrected chi connectivity index (χ4v) is 3.45. The average Bonchev–Trinajstić information content (AvgIpc) is 2.71. The lowest BCUT2D eigenvalue weighted by Gasteiger charge is -2.36. The van der Waals surface area contributed by atoms with Crippen molar-refractivity contribution in [2.45, 2.75) is 37.8 Å². The number of ether oxygens (including phenoxy) is 1. The van der Waals surface area contributed by atoms with Crippen molar-refractivity contribution in [1.29, 1.82) is 0 Å². The van der Waals surface area contributed by atoms with Gasteiger partial charge in [0.15, 0.2) is 0 Å². The molecule has 150 valence electrons. The van der Waals surface area contributed by atoms with Crippen LogP contribution >= 0.6 is 11.6 Å².